The van der Waals surface area contributed by atoms with Crippen molar-refractivity contribution in [2.24, 2.45) is 0 Å². The number of aromatic nitrogens is 6. The highest BCUT2D eigenvalue weighted by atomic mass is 19.4. The van der Waals surface area contributed by atoms with E-state index in [1.54, 1.807) is 4.90 Å². The Labute approximate surface area is 155 Å². The summed E-state index contributed by atoms with van der Waals surface area (Å²) in [4.78, 5) is 13.9. The summed E-state index contributed by atoms with van der Waals surface area (Å²) in [6.45, 7) is -0.124. The van der Waals surface area contributed by atoms with Gasteiger partial charge >= 0.3 is 6.18 Å². The second-order valence-electron chi connectivity index (χ2n) is 6.07. The van der Waals surface area contributed by atoms with E-state index in [0.717, 1.165) is 4.57 Å². The summed E-state index contributed by atoms with van der Waals surface area (Å²) in [5, 5.41) is 16.0. The molecule has 0 saturated heterocycles. The van der Waals surface area contributed by atoms with Crippen LogP contribution < -0.4 is 4.90 Å². The molecule has 28 heavy (non-hydrogen) atoms. The fraction of sp³-hybridized carbons (Fsp3) is 0.312. The molecule has 0 radical (unpaired) electrons. The van der Waals surface area contributed by atoms with Crippen LogP contribution in [0.15, 0.2) is 24.7 Å². The number of halogens is 4. The predicted octanol–water partition coefficient (Wildman–Crippen LogP) is 1.80. The normalized spacial score (nSPS) is 14.2. The number of nitrogens with zero attached hydrogens (tertiary/aromatic N) is 7. The van der Waals surface area contributed by atoms with Gasteiger partial charge in [-0.2, -0.15) is 13.2 Å². The maximum Gasteiger partial charge on any atom is 0.451 e. The van der Waals surface area contributed by atoms with Crippen LogP contribution in [0.25, 0.3) is 11.3 Å². The van der Waals surface area contributed by atoms with Crippen molar-refractivity contribution in [2.45, 2.75) is 25.9 Å². The van der Waals surface area contributed by atoms with Gasteiger partial charge in [-0.15, -0.1) is 10.2 Å². The molecule has 12 heteroatoms. The molecule has 0 aliphatic carbocycles. The Hall–Kier alpha value is -3.15. The smallest absolute Gasteiger partial charge is 0.392 e. The summed E-state index contributed by atoms with van der Waals surface area (Å²) in [6.07, 6.45) is -0.454. The second kappa shape index (κ2) is 6.78. The lowest BCUT2D eigenvalue weighted by Gasteiger charge is -2.27. The van der Waals surface area contributed by atoms with Crippen molar-refractivity contribution in [3.05, 3.63) is 47.7 Å². The van der Waals surface area contributed by atoms with Gasteiger partial charge in [-0.05, 0) is 6.07 Å². The van der Waals surface area contributed by atoms with Crippen LogP contribution in [0.4, 0.5) is 23.5 Å². The lowest BCUT2D eigenvalue weighted by molar-refractivity contribution is -0.147. The Kier molecular flexibility index (Phi) is 4.41. The average Bonchev–Trinajstić information content (AvgIpc) is 3.12. The SMILES string of the molecule is OCc1ccnc(-c2cnc(N3CCn4c(nnc4C(F)(F)F)C3)nc2)c1F. The van der Waals surface area contributed by atoms with Crippen LogP contribution in [0, 0.1) is 5.82 Å². The Bertz CT molecular complexity index is 1000. The number of aliphatic hydroxyl groups excluding tert-OH is 1. The highest BCUT2D eigenvalue weighted by Gasteiger charge is 2.39. The van der Waals surface area contributed by atoms with Gasteiger partial charge in [0.25, 0.3) is 0 Å². The van der Waals surface area contributed by atoms with Crippen LogP contribution in [0.3, 0.4) is 0 Å². The highest BCUT2D eigenvalue weighted by Crippen LogP contribution is 2.30. The second-order valence-corrected chi connectivity index (χ2v) is 6.07. The molecule has 4 heterocycles. The van der Waals surface area contributed by atoms with Crippen LogP contribution in [0.2, 0.25) is 0 Å². The topological polar surface area (TPSA) is 92.9 Å². The molecule has 1 N–H and O–H groups in total. The standard InChI is InChI=1S/C16H13F4N7O/c17-12-9(8-28)1-2-21-13(12)10-5-22-15(23-6-10)26-3-4-27-11(7-26)24-25-14(27)16(18,19)20/h1-2,5-6,28H,3-4,7-8H2. The molecule has 0 atom stereocenters. The van der Waals surface area contributed by atoms with Gasteiger partial charge in [-0.25, -0.2) is 14.4 Å². The van der Waals surface area contributed by atoms with E-state index in [2.05, 4.69) is 25.1 Å². The third kappa shape index (κ3) is 3.15. The first-order valence-corrected chi connectivity index (χ1v) is 8.19. The highest BCUT2D eigenvalue weighted by molar-refractivity contribution is 5.59. The third-order valence-corrected chi connectivity index (χ3v) is 4.34. The third-order valence-electron chi connectivity index (χ3n) is 4.34. The van der Waals surface area contributed by atoms with Gasteiger partial charge < -0.3 is 14.6 Å². The van der Waals surface area contributed by atoms with E-state index >= 15 is 0 Å². The summed E-state index contributed by atoms with van der Waals surface area (Å²) in [6, 6.07) is 1.37. The van der Waals surface area contributed by atoms with Gasteiger partial charge in [0.15, 0.2) is 11.6 Å². The minimum absolute atomic E-state index is 0.00584. The van der Waals surface area contributed by atoms with Gasteiger partial charge in [0, 0.05) is 42.8 Å². The Morgan fingerprint density at radius 1 is 1.07 bits per heavy atom. The van der Waals surface area contributed by atoms with E-state index < -0.39 is 24.4 Å². The lowest BCUT2D eigenvalue weighted by Crippen LogP contribution is -2.36. The number of alkyl halides is 3. The zero-order chi connectivity index (χ0) is 19.9. The van der Waals surface area contributed by atoms with Gasteiger partial charge in [0.1, 0.15) is 5.69 Å². The molecule has 0 spiro atoms. The van der Waals surface area contributed by atoms with Crippen molar-refractivity contribution in [3.8, 4) is 11.3 Å². The van der Waals surface area contributed by atoms with Crippen molar-refractivity contribution >= 4 is 5.95 Å². The van der Waals surface area contributed by atoms with Gasteiger partial charge in [-0.1, -0.05) is 0 Å². The number of aliphatic hydroxyl groups is 1. The summed E-state index contributed by atoms with van der Waals surface area (Å²) < 4.78 is 54.0. The molecule has 0 saturated carbocycles. The maximum atomic E-state index is 14.3. The van der Waals surface area contributed by atoms with Crippen LogP contribution in [-0.2, 0) is 25.9 Å². The summed E-state index contributed by atoms with van der Waals surface area (Å²) >= 11 is 0. The van der Waals surface area contributed by atoms with Crippen LogP contribution in [0.1, 0.15) is 17.2 Å². The molecule has 0 bridgehead atoms. The Balaban J connectivity index is 1.57. The maximum absolute atomic E-state index is 14.3. The molecule has 1 aliphatic rings. The van der Waals surface area contributed by atoms with Gasteiger partial charge in [0.2, 0.25) is 11.8 Å². The van der Waals surface area contributed by atoms with Crippen molar-refractivity contribution in [1.29, 1.82) is 0 Å². The van der Waals surface area contributed by atoms with Crippen molar-refractivity contribution < 1.29 is 22.7 Å². The van der Waals surface area contributed by atoms with E-state index in [1.165, 1.54) is 24.7 Å². The molecule has 0 unspecified atom stereocenters. The number of hydrogen-bond donors (Lipinski definition) is 1. The van der Waals surface area contributed by atoms with Gasteiger partial charge in [0.05, 0.1) is 13.2 Å². The Morgan fingerprint density at radius 3 is 2.50 bits per heavy atom. The molecule has 3 aromatic heterocycles. The minimum atomic E-state index is -4.56. The van der Waals surface area contributed by atoms with Crippen LogP contribution in [-0.4, -0.2) is 41.4 Å². The van der Waals surface area contributed by atoms with Crippen molar-refractivity contribution in [1.82, 2.24) is 29.7 Å². The molecule has 0 amide bonds. The van der Waals surface area contributed by atoms with Crippen LogP contribution >= 0.6 is 0 Å². The first kappa shape index (κ1) is 18.2. The molecule has 1 aliphatic heterocycles. The van der Waals surface area contributed by atoms with Gasteiger partial charge in [-0.3, -0.25) is 4.98 Å². The molecular weight excluding hydrogens is 382 g/mol. The van der Waals surface area contributed by atoms with E-state index in [1.807, 2.05) is 0 Å². The quantitative estimate of drug-likeness (QED) is 0.676. The summed E-state index contributed by atoms with van der Waals surface area (Å²) in [5.41, 5.74) is 0.423. The number of anilines is 1. The number of pyridine rings is 1. The largest absolute Gasteiger partial charge is 0.451 e. The molecular formula is C16H13F4N7O. The van der Waals surface area contributed by atoms with Crippen molar-refractivity contribution in [3.63, 3.8) is 0 Å². The average molecular weight is 395 g/mol. The molecule has 8 nitrogen and oxygen atoms in total. The molecule has 0 aromatic carbocycles. The monoisotopic (exact) mass is 395 g/mol. The van der Waals surface area contributed by atoms with E-state index in [9.17, 15) is 17.6 Å². The number of hydrogen-bond acceptors (Lipinski definition) is 7. The molecule has 146 valence electrons. The van der Waals surface area contributed by atoms with Crippen LogP contribution in [0.5, 0.6) is 0 Å². The number of rotatable bonds is 3. The van der Waals surface area contributed by atoms with E-state index in [-0.39, 0.29) is 42.7 Å². The lowest BCUT2D eigenvalue weighted by atomic mass is 10.1. The summed E-state index contributed by atoms with van der Waals surface area (Å²) in [5.74, 6) is -1.25. The fourth-order valence-corrected chi connectivity index (χ4v) is 2.95. The molecule has 4 rings (SSSR count). The fourth-order valence-electron chi connectivity index (χ4n) is 2.95. The van der Waals surface area contributed by atoms with Crippen molar-refractivity contribution in [2.75, 3.05) is 11.4 Å². The minimum Gasteiger partial charge on any atom is -0.392 e. The van der Waals surface area contributed by atoms with E-state index in [0.29, 0.717) is 5.56 Å². The first-order valence-electron chi connectivity index (χ1n) is 8.19. The predicted molar refractivity (Wildman–Crippen MR) is 87.2 cm³/mol. The van der Waals surface area contributed by atoms with E-state index in [4.69, 9.17) is 5.11 Å². The molecule has 0 fully saturated rings. The summed E-state index contributed by atoms with van der Waals surface area (Å²) in [7, 11) is 0. The first-order chi connectivity index (χ1) is 13.4. The zero-order valence-electron chi connectivity index (χ0n) is 14.2. The zero-order valence-corrected chi connectivity index (χ0v) is 14.2. The number of fused-ring (bicyclic) bond motifs is 1. The molecule has 3 aromatic rings. The Morgan fingerprint density at radius 2 is 1.82 bits per heavy atom.